The van der Waals surface area contributed by atoms with Crippen molar-refractivity contribution < 1.29 is 0 Å². The number of benzene rings is 1. The molecule has 1 aromatic rings. The Hall–Kier alpha value is -1.30. The highest BCUT2D eigenvalue weighted by Gasteiger charge is 2.32. The lowest BCUT2D eigenvalue weighted by atomic mass is 9.96. The van der Waals surface area contributed by atoms with Crippen molar-refractivity contribution in [3.63, 3.8) is 0 Å². The first kappa shape index (κ1) is 14.8. The van der Waals surface area contributed by atoms with E-state index in [1.54, 1.807) is 0 Å². The predicted octanol–water partition coefficient (Wildman–Crippen LogP) is 5.57. The van der Waals surface area contributed by atoms with Crippen molar-refractivity contribution in [2.45, 2.75) is 33.6 Å². The van der Waals surface area contributed by atoms with E-state index in [9.17, 15) is 0 Å². The molecule has 2 bridgehead atoms. The Morgan fingerprint density at radius 3 is 2.00 bits per heavy atom. The molecule has 0 N–H and O–H groups in total. The molecule has 0 aromatic heterocycles. The van der Waals surface area contributed by atoms with Crippen molar-refractivity contribution in [2.75, 3.05) is 0 Å². The SMILES string of the molecule is C=Cc1ccccc1.CC.C[C@@H]1CC2C=CC1C2. The Morgan fingerprint density at radius 1 is 1.06 bits per heavy atom. The topological polar surface area (TPSA) is 0 Å². The van der Waals surface area contributed by atoms with Crippen LogP contribution in [0.5, 0.6) is 0 Å². The van der Waals surface area contributed by atoms with Gasteiger partial charge in [-0.15, -0.1) is 0 Å². The highest BCUT2D eigenvalue weighted by atomic mass is 14.4. The number of rotatable bonds is 1. The van der Waals surface area contributed by atoms with Crippen LogP contribution < -0.4 is 0 Å². The van der Waals surface area contributed by atoms with E-state index in [0.717, 1.165) is 17.8 Å². The van der Waals surface area contributed by atoms with Crippen molar-refractivity contribution in [3.8, 4) is 0 Å². The molecule has 3 atom stereocenters. The molecule has 0 spiro atoms. The molecule has 1 saturated carbocycles. The van der Waals surface area contributed by atoms with E-state index >= 15 is 0 Å². The zero-order chi connectivity index (χ0) is 13.4. The molecule has 0 amide bonds. The maximum Gasteiger partial charge on any atom is -0.0202 e. The fourth-order valence-electron chi connectivity index (χ4n) is 2.64. The zero-order valence-corrected chi connectivity index (χ0v) is 12.0. The number of hydrogen-bond acceptors (Lipinski definition) is 0. The average Bonchev–Trinajstić information content (AvgIpc) is 3.04. The van der Waals surface area contributed by atoms with E-state index in [0.29, 0.717) is 0 Å². The summed E-state index contributed by atoms with van der Waals surface area (Å²) in [5.74, 6) is 2.92. The average molecular weight is 242 g/mol. The maximum absolute atomic E-state index is 3.63. The highest BCUT2D eigenvalue weighted by molar-refractivity contribution is 5.45. The molecule has 98 valence electrons. The minimum Gasteiger partial charge on any atom is -0.0985 e. The van der Waals surface area contributed by atoms with Crippen LogP contribution in [0.15, 0.2) is 49.1 Å². The third-order valence-electron chi connectivity index (χ3n) is 3.65. The van der Waals surface area contributed by atoms with E-state index in [2.05, 4.69) is 25.7 Å². The van der Waals surface area contributed by atoms with E-state index in [4.69, 9.17) is 0 Å². The molecule has 1 aromatic carbocycles. The highest BCUT2D eigenvalue weighted by Crippen LogP contribution is 2.42. The van der Waals surface area contributed by atoms with Gasteiger partial charge in [-0.3, -0.25) is 0 Å². The molecule has 0 radical (unpaired) electrons. The minimum absolute atomic E-state index is 0.958. The van der Waals surface area contributed by atoms with Crippen molar-refractivity contribution in [3.05, 3.63) is 54.6 Å². The van der Waals surface area contributed by atoms with Gasteiger partial charge in [0.25, 0.3) is 0 Å². The summed E-state index contributed by atoms with van der Waals surface area (Å²) in [5, 5.41) is 0. The third-order valence-corrected chi connectivity index (χ3v) is 3.65. The molecule has 3 rings (SSSR count). The second kappa shape index (κ2) is 7.92. The fraction of sp³-hybridized carbons (Fsp3) is 0.444. The van der Waals surface area contributed by atoms with Crippen LogP contribution in [0.25, 0.3) is 6.08 Å². The standard InChI is InChI=1S/C8H12.C8H8.C2H6/c1-6-4-7-2-3-8(6)5-7;1-2-8-6-4-3-5-7-8;1-2/h2-3,6-8H,4-5H2,1H3;2-7H,1H2;1-2H3/t6-,7?,8?;;/m1../s1. The molecule has 2 unspecified atom stereocenters. The van der Waals surface area contributed by atoms with Crippen LogP contribution in [0.4, 0.5) is 0 Å². The number of fused-ring (bicyclic) bond motifs is 2. The summed E-state index contributed by atoms with van der Waals surface area (Å²) in [7, 11) is 0. The maximum atomic E-state index is 3.63. The number of allylic oxidation sites excluding steroid dienone is 2. The summed E-state index contributed by atoms with van der Waals surface area (Å²) >= 11 is 0. The van der Waals surface area contributed by atoms with Gasteiger partial charge in [-0.1, -0.05) is 75.9 Å². The van der Waals surface area contributed by atoms with Crippen molar-refractivity contribution in [1.82, 2.24) is 0 Å². The molecule has 1 fully saturated rings. The Kier molecular flexibility index (Phi) is 6.49. The number of hydrogen-bond donors (Lipinski definition) is 0. The lowest BCUT2D eigenvalue weighted by Crippen LogP contribution is -1.99. The molecule has 0 heterocycles. The molecule has 2 aliphatic rings. The van der Waals surface area contributed by atoms with E-state index < -0.39 is 0 Å². The summed E-state index contributed by atoms with van der Waals surface area (Å²) in [6.07, 6.45) is 9.55. The Bertz CT molecular complexity index is 361. The van der Waals surface area contributed by atoms with Crippen LogP contribution in [0.1, 0.15) is 39.2 Å². The Morgan fingerprint density at radius 2 is 1.72 bits per heavy atom. The van der Waals surface area contributed by atoms with E-state index in [1.807, 2.05) is 50.3 Å². The lowest BCUT2D eigenvalue weighted by Gasteiger charge is -2.09. The van der Waals surface area contributed by atoms with Crippen LogP contribution in [0, 0.1) is 17.8 Å². The minimum atomic E-state index is 0.958. The van der Waals surface area contributed by atoms with Gasteiger partial charge in [-0.2, -0.15) is 0 Å². The monoisotopic (exact) mass is 242 g/mol. The van der Waals surface area contributed by atoms with Crippen LogP contribution in [0.2, 0.25) is 0 Å². The molecule has 0 saturated heterocycles. The summed E-state index contributed by atoms with van der Waals surface area (Å²) in [4.78, 5) is 0. The van der Waals surface area contributed by atoms with Gasteiger partial charge in [0.15, 0.2) is 0 Å². The summed E-state index contributed by atoms with van der Waals surface area (Å²) in [6, 6.07) is 10.0. The molecule has 0 aliphatic heterocycles. The first-order valence-corrected chi connectivity index (χ1v) is 7.15. The van der Waals surface area contributed by atoms with Crippen LogP contribution in [0.3, 0.4) is 0 Å². The van der Waals surface area contributed by atoms with Crippen LogP contribution >= 0.6 is 0 Å². The Balaban J connectivity index is 0.000000159. The largest absolute Gasteiger partial charge is 0.0985 e. The zero-order valence-electron chi connectivity index (χ0n) is 12.0. The molecular formula is C18H26. The first-order chi connectivity index (χ1) is 8.79. The van der Waals surface area contributed by atoms with Crippen LogP contribution in [-0.2, 0) is 0 Å². The van der Waals surface area contributed by atoms with E-state index in [-0.39, 0.29) is 0 Å². The van der Waals surface area contributed by atoms with E-state index in [1.165, 1.54) is 18.4 Å². The van der Waals surface area contributed by atoms with Gasteiger partial charge in [-0.25, -0.2) is 0 Å². The molecule has 18 heavy (non-hydrogen) atoms. The summed E-state index contributed by atoms with van der Waals surface area (Å²) < 4.78 is 0. The summed E-state index contributed by atoms with van der Waals surface area (Å²) in [5.41, 5.74) is 1.17. The van der Waals surface area contributed by atoms with Crippen molar-refractivity contribution in [1.29, 1.82) is 0 Å². The second-order valence-corrected chi connectivity index (χ2v) is 4.87. The smallest absolute Gasteiger partial charge is 0.0202 e. The molecular weight excluding hydrogens is 216 g/mol. The van der Waals surface area contributed by atoms with Gasteiger partial charge in [0.1, 0.15) is 0 Å². The Labute approximate surface area is 112 Å². The normalized spacial score (nSPS) is 26.7. The van der Waals surface area contributed by atoms with Gasteiger partial charge in [0.2, 0.25) is 0 Å². The first-order valence-electron chi connectivity index (χ1n) is 7.15. The predicted molar refractivity (Wildman–Crippen MR) is 82.4 cm³/mol. The van der Waals surface area contributed by atoms with Crippen molar-refractivity contribution >= 4 is 6.08 Å². The molecule has 0 nitrogen and oxygen atoms in total. The van der Waals surface area contributed by atoms with Gasteiger partial charge < -0.3 is 0 Å². The van der Waals surface area contributed by atoms with Gasteiger partial charge in [-0.05, 0) is 36.2 Å². The second-order valence-electron chi connectivity index (χ2n) is 4.87. The van der Waals surface area contributed by atoms with Gasteiger partial charge in [0, 0.05) is 0 Å². The molecule has 0 heteroatoms. The molecule has 2 aliphatic carbocycles. The van der Waals surface area contributed by atoms with Crippen LogP contribution in [-0.4, -0.2) is 0 Å². The van der Waals surface area contributed by atoms with Gasteiger partial charge >= 0.3 is 0 Å². The quantitative estimate of drug-likeness (QED) is 0.564. The lowest BCUT2D eigenvalue weighted by molar-refractivity contribution is 0.493. The van der Waals surface area contributed by atoms with Crippen molar-refractivity contribution in [2.24, 2.45) is 17.8 Å². The summed E-state index contributed by atoms with van der Waals surface area (Å²) in [6.45, 7) is 10.0. The van der Waals surface area contributed by atoms with Gasteiger partial charge in [0.05, 0.1) is 0 Å². The fourth-order valence-corrected chi connectivity index (χ4v) is 2.64. The third kappa shape index (κ3) is 4.18.